The molecule has 0 saturated heterocycles. The lowest BCUT2D eigenvalue weighted by Gasteiger charge is -2.28. The van der Waals surface area contributed by atoms with Crippen LogP contribution < -0.4 is 9.96 Å². The largest absolute Gasteiger partial charge is 0.443 e. The summed E-state index contributed by atoms with van der Waals surface area (Å²) >= 11 is 0. The molecule has 0 fully saturated rings. The predicted molar refractivity (Wildman–Crippen MR) is 126 cm³/mol. The van der Waals surface area contributed by atoms with Gasteiger partial charge in [-0.15, -0.1) is 0 Å². The van der Waals surface area contributed by atoms with Crippen LogP contribution in [0.15, 0.2) is 109 Å². The van der Waals surface area contributed by atoms with Crippen molar-refractivity contribution in [2.45, 2.75) is 13.8 Å². The number of carbonyl (C=O) groups excluding carboxylic acids is 1. The van der Waals surface area contributed by atoms with Crippen molar-refractivity contribution in [3.63, 3.8) is 0 Å². The molecule has 0 aliphatic heterocycles. The third kappa shape index (κ3) is 4.75. The fourth-order valence-corrected chi connectivity index (χ4v) is 3.25. The Bertz CT molecular complexity index is 1130. The highest BCUT2D eigenvalue weighted by molar-refractivity contribution is 5.96. The summed E-state index contributed by atoms with van der Waals surface area (Å²) in [7, 11) is 0. The van der Waals surface area contributed by atoms with Crippen molar-refractivity contribution in [1.29, 1.82) is 0 Å². The number of anilines is 4. The minimum atomic E-state index is -0.500. The molecule has 4 rings (SSSR count). The molecule has 0 unspecified atom stereocenters. The van der Waals surface area contributed by atoms with E-state index in [2.05, 4.69) is 0 Å². The van der Waals surface area contributed by atoms with Crippen LogP contribution in [0.1, 0.15) is 11.1 Å². The molecule has 1 amide bonds. The first-order valence-electron chi connectivity index (χ1n) is 10.2. The first-order chi connectivity index (χ1) is 15.1. The van der Waals surface area contributed by atoms with E-state index in [0.717, 1.165) is 33.9 Å². The third-order valence-electron chi connectivity index (χ3n) is 4.92. The maximum absolute atomic E-state index is 13.5. The molecule has 154 valence electrons. The van der Waals surface area contributed by atoms with Crippen LogP contribution >= 0.6 is 0 Å². The lowest BCUT2D eigenvalue weighted by Crippen LogP contribution is -2.33. The molecule has 0 aliphatic carbocycles. The van der Waals surface area contributed by atoms with Crippen LogP contribution in [0, 0.1) is 13.8 Å². The first-order valence-corrected chi connectivity index (χ1v) is 10.2. The Balaban J connectivity index is 1.72. The number of hydrogen-bond acceptors (Lipinski definition) is 3. The van der Waals surface area contributed by atoms with Gasteiger partial charge in [-0.05, 0) is 62.4 Å². The molecule has 0 spiro atoms. The van der Waals surface area contributed by atoms with Crippen molar-refractivity contribution in [1.82, 2.24) is 0 Å². The van der Waals surface area contributed by atoms with Gasteiger partial charge in [0.15, 0.2) is 0 Å². The van der Waals surface area contributed by atoms with E-state index < -0.39 is 6.09 Å². The number of rotatable bonds is 5. The van der Waals surface area contributed by atoms with E-state index in [0.29, 0.717) is 0 Å². The van der Waals surface area contributed by atoms with E-state index in [9.17, 15) is 4.79 Å². The zero-order chi connectivity index (χ0) is 21.6. The van der Waals surface area contributed by atoms with Crippen LogP contribution in [0.2, 0.25) is 0 Å². The lowest BCUT2D eigenvalue weighted by atomic mass is 10.2. The molecule has 0 radical (unpaired) electrons. The van der Waals surface area contributed by atoms with E-state index in [1.165, 1.54) is 0 Å². The summed E-state index contributed by atoms with van der Waals surface area (Å²) in [6.07, 6.45) is -0.500. The Morgan fingerprint density at radius 2 is 0.935 bits per heavy atom. The zero-order valence-corrected chi connectivity index (χ0v) is 17.6. The number of amides is 1. The fraction of sp³-hybridized carbons (Fsp3) is 0.0741. The lowest BCUT2D eigenvalue weighted by molar-refractivity contribution is 0.157. The van der Waals surface area contributed by atoms with Crippen molar-refractivity contribution in [3.05, 3.63) is 120 Å². The molecule has 0 bridgehead atoms. The summed E-state index contributed by atoms with van der Waals surface area (Å²) in [5.41, 5.74) is 5.25. The van der Waals surface area contributed by atoms with E-state index in [-0.39, 0.29) is 0 Å². The Hall–Kier alpha value is -4.05. The van der Waals surface area contributed by atoms with Crippen molar-refractivity contribution in [3.8, 4) is 0 Å². The van der Waals surface area contributed by atoms with E-state index in [1.54, 1.807) is 9.96 Å². The maximum atomic E-state index is 13.5. The molecule has 4 aromatic carbocycles. The molecule has 31 heavy (non-hydrogen) atoms. The number of para-hydroxylation sites is 2. The van der Waals surface area contributed by atoms with Gasteiger partial charge in [0.1, 0.15) is 0 Å². The van der Waals surface area contributed by atoms with Crippen molar-refractivity contribution in [2.24, 2.45) is 0 Å². The van der Waals surface area contributed by atoms with Gasteiger partial charge in [-0.3, -0.25) is 0 Å². The normalized spacial score (nSPS) is 10.4. The van der Waals surface area contributed by atoms with Gasteiger partial charge in [-0.1, -0.05) is 71.8 Å². The SMILES string of the molecule is Cc1ccc(N(OC(=O)N(c2ccccc2)c2ccc(C)cc2)c2ccccc2)cc1. The second-order valence-corrected chi connectivity index (χ2v) is 7.33. The molecule has 0 heterocycles. The standard InChI is InChI=1S/C27H24N2O2/c1-21-13-17-24(18-14-21)28(23-9-5-3-6-10-23)27(30)31-29(25-11-7-4-8-12-25)26-19-15-22(2)16-20-26/h3-20H,1-2H3. The Labute approximate surface area is 182 Å². The van der Waals surface area contributed by atoms with Crippen LogP contribution in [0.3, 0.4) is 0 Å². The summed E-state index contributed by atoms with van der Waals surface area (Å²) in [5.74, 6) is 0. The van der Waals surface area contributed by atoms with Crippen molar-refractivity contribution < 1.29 is 9.63 Å². The fourth-order valence-electron chi connectivity index (χ4n) is 3.25. The summed E-state index contributed by atoms with van der Waals surface area (Å²) in [6, 6.07) is 34.7. The minimum Gasteiger partial charge on any atom is -0.316 e. The molecule has 0 N–H and O–H groups in total. The Kier molecular flexibility index (Phi) is 5.99. The van der Waals surface area contributed by atoms with E-state index in [4.69, 9.17) is 4.84 Å². The Morgan fingerprint density at radius 3 is 1.45 bits per heavy atom. The van der Waals surface area contributed by atoms with Crippen molar-refractivity contribution in [2.75, 3.05) is 9.96 Å². The Morgan fingerprint density at radius 1 is 0.548 bits per heavy atom. The molecular weight excluding hydrogens is 384 g/mol. The second-order valence-electron chi connectivity index (χ2n) is 7.33. The summed E-state index contributed by atoms with van der Waals surface area (Å²) in [6.45, 7) is 4.04. The molecule has 4 aromatic rings. The minimum absolute atomic E-state index is 0.500. The number of nitrogens with zero attached hydrogens (tertiary/aromatic N) is 2. The topological polar surface area (TPSA) is 32.8 Å². The monoisotopic (exact) mass is 408 g/mol. The highest BCUT2D eigenvalue weighted by Gasteiger charge is 2.24. The molecule has 4 nitrogen and oxygen atoms in total. The zero-order valence-electron chi connectivity index (χ0n) is 17.6. The van der Waals surface area contributed by atoms with Gasteiger partial charge < -0.3 is 4.84 Å². The summed E-state index contributed by atoms with van der Waals surface area (Å²) in [5, 5.41) is 1.56. The molecule has 0 aromatic heterocycles. The number of carbonyl (C=O) groups is 1. The molecule has 0 aliphatic rings. The molecular formula is C27H24N2O2. The summed E-state index contributed by atoms with van der Waals surface area (Å²) < 4.78 is 0. The quantitative estimate of drug-likeness (QED) is 0.324. The van der Waals surface area contributed by atoms with Gasteiger partial charge in [0.2, 0.25) is 0 Å². The predicted octanol–water partition coefficient (Wildman–Crippen LogP) is 7.33. The highest BCUT2D eigenvalue weighted by atomic mass is 16.7. The van der Waals surface area contributed by atoms with Gasteiger partial charge in [-0.25, -0.2) is 9.69 Å². The van der Waals surface area contributed by atoms with Gasteiger partial charge in [0, 0.05) is 0 Å². The molecule has 0 saturated carbocycles. The number of aryl methyl sites for hydroxylation is 2. The van der Waals surface area contributed by atoms with Crippen LogP contribution in [0.4, 0.5) is 27.5 Å². The average Bonchev–Trinajstić information content (AvgIpc) is 2.81. The number of hydrogen-bond donors (Lipinski definition) is 0. The van der Waals surface area contributed by atoms with E-state index in [1.807, 2.05) is 123 Å². The van der Waals surface area contributed by atoms with Crippen LogP contribution in [-0.4, -0.2) is 6.09 Å². The molecule has 0 atom stereocenters. The van der Waals surface area contributed by atoms with Gasteiger partial charge in [-0.2, -0.15) is 5.06 Å². The second kappa shape index (κ2) is 9.18. The van der Waals surface area contributed by atoms with Gasteiger partial charge >= 0.3 is 6.09 Å². The van der Waals surface area contributed by atoms with Crippen molar-refractivity contribution >= 4 is 28.8 Å². The summed E-state index contributed by atoms with van der Waals surface area (Å²) in [4.78, 5) is 21.1. The first kappa shape index (κ1) is 20.2. The molecule has 4 heteroatoms. The van der Waals surface area contributed by atoms with E-state index >= 15 is 0 Å². The van der Waals surface area contributed by atoms with Gasteiger partial charge in [0.25, 0.3) is 0 Å². The number of benzene rings is 4. The van der Waals surface area contributed by atoms with Gasteiger partial charge in [0.05, 0.1) is 22.7 Å². The van der Waals surface area contributed by atoms with Crippen LogP contribution in [0.25, 0.3) is 0 Å². The highest BCUT2D eigenvalue weighted by Crippen LogP contribution is 2.30. The third-order valence-corrected chi connectivity index (χ3v) is 4.92. The maximum Gasteiger partial charge on any atom is 0.443 e. The van der Waals surface area contributed by atoms with Crippen LogP contribution in [0.5, 0.6) is 0 Å². The van der Waals surface area contributed by atoms with Crippen LogP contribution in [-0.2, 0) is 4.84 Å². The average molecular weight is 409 g/mol. The smallest absolute Gasteiger partial charge is 0.316 e.